The molecular weight excluding hydrogens is 428 g/mol. The van der Waals surface area contributed by atoms with Crippen LogP contribution < -0.4 is 0 Å². The van der Waals surface area contributed by atoms with Crippen molar-refractivity contribution < 1.29 is 9.59 Å². The summed E-state index contributed by atoms with van der Waals surface area (Å²) in [5.41, 5.74) is 3.84. The van der Waals surface area contributed by atoms with Crippen LogP contribution in [-0.2, 0) is 16.0 Å². The van der Waals surface area contributed by atoms with E-state index in [2.05, 4.69) is 70.3 Å². The van der Waals surface area contributed by atoms with Crippen molar-refractivity contribution in [3.63, 3.8) is 0 Å². The van der Waals surface area contributed by atoms with Crippen LogP contribution >= 0.6 is 11.3 Å². The summed E-state index contributed by atoms with van der Waals surface area (Å²) in [6.45, 7) is 11.8. The number of thiophene rings is 1. The molecule has 178 valence electrons. The largest absolute Gasteiger partial charge is 0.330 e. The molecule has 1 aliphatic carbocycles. The van der Waals surface area contributed by atoms with E-state index in [1.54, 1.807) is 11.3 Å². The molecule has 5 heteroatoms. The van der Waals surface area contributed by atoms with E-state index in [0.29, 0.717) is 18.9 Å². The number of hydrogen-bond donors (Lipinski definition) is 0. The third kappa shape index (κ3) is 5.68. The van der Waals surface area contributed by atoms with Crippen LogP contribution in [0.3, 0.4) is 0 Å². The second-order valence-electron chi connectivity index (χ2n) is 11.2. The Kier molecular flexibility index (Phi) is 6.99. The summed E-state index contributed by atoms with van der Waals surface area (Å²) in [5.74, 6) is 0.532. The van der Waals surface area contributed by atoms with E-state index in [1.165, 1.54) is 21.6 Å². The van der Waals surface area contributed by atoms with E-state index < -0.39 is 0 Å². The average molecular weight is 467 g/mol. The van der Waals surface area contributed by atoms with Gasteiger partial charge in [0.2, 0.25) is 11.8 Å². The molecule has 1 fully saturated rings. The smallest absolute Gasteiger partial charge is 0.243 e. The molecule has 4 rings (SSSR count). The van der Waals surface area contributed by atoms with Gasteiger partial charge in [-0.3, -0.25) is 9.59 Å². The summed E-state index contributed by atoms with van der Waals surface area (Å²) < 4.78 is 0. The first kappa shape index (κ1) is 24.0. The van der Waals surface area contributed by atoms with Crippen molar-refractivity contribution in [1.82, 2.24) is 9.80 Å². The molecule has 2 aliphatic rings. The highest BCUT2D eigenvalue weighted by molar-refractivity contribution is 7.10. The maximum atomic E-state index is 13.7. The lowest BCUT2D eigenvalue weighted by Gasteiger charge is -2.38. The van der Waals surface area contributed by atoms with Gasteiger partial charge in [-0.05, 0) is 72.1 Å². The summed E-state index contributed by atoms with van der Waals surface area (Å²) in [7, 11) is 0. The highest BCUT2D eigenvalue weighted by Crippen LogP contribution is 2.39. The third-order valence-electron chi connectivity index (χ3n) is 6.87. The Balaban J connectivity index is 1.53. The number of carbonyl (C=O) groups excluding carboxylic acids is 2. The predicted octanol–water partition coefficient (Wildman–Crippen LogP) is 5.98. The van der Waals surface area contributed by atoms with Gasteiger partial charge in [0.1, 0.15) is 6.54 Å². The molecule has 1 aromatic heterocycles. The first-order valence-corrected chi connectivity index (χ1v) is 13.2. The van der Waals surface area contributed by atoms with Gasteiger partial charge in [-0.25, -0.2) is 0 Å². The molecule has 2 unspecified atom stereocenters. The van der Waals surface area contributed by atoms with Gasteiger partial charge in [0, 0.05) is 23.9 Å². The van der Waals surface area contributed by atoms with Gasteiger partial charge >= 0.3 is 0 Å². The molecule has 0 radical (unpaired) electrons. The van der Waals surface area contributed by atoms with E-state index in [4.69, 9.17) is 0 Å². The van der Waals surface area contributed by atoms with Crippen LogP contribution in [0.15, 0.2) is 35.7 Å². The van der Waals surface area contributed by atoms with Crippen LogP contribution in [0.5, 0.6) is 0 Å². The maximum Gasteiger partial charge on any atom is 0.243 e. The number of amides is 2. The van der Waals surface area contributed by atoms with Crippen LogP contribution in [0.2, 0.25) is 0 Å². The number of carbonyl (C=O) groups is 2. The minimum absolute atomic E-state index is 0.0651. The zero-order chi connectivity index (χ0) is 23.8. The van der Waals surface area contributed by atoms with Gasteiger partial charge < -0.3 is 9.80 Å². The Morgan fingerprint density at radius 1 is 1.15 bits per heavy atom. The predicted molar refractivity (Wildman–Crippen MR) is 135 cm³/mol. The lowest BCUT2D eigenvalue weighted by molar-refractivity contribution is -0.142. The molecule has 0 N–H and O–H groups in total. The normalized spacial score (nSPS) is 19.2. The van der Waals surface area contributed by atoms with E-state index >= 15 is 0 Å². The van der Waals surface area contributed by atoms with Crippen LogP contribution in [0.4, 0.5) is 0 Å². The minimum atomic E-state index is -0.0651. The van der Waals surface area contributed by atoms with Crippen molar-refractivity contribution in [1.29, 1.82) is 0 Å². The molecule has 0 spiro atoms. The molecule has 1 aliphatic heterocycles. The monoisotopic (exact) mass is 466 g/mol. The van der Waals surface area contributed by atoms with Gasteiger partial charge in [0.05, 0.1) is 6.04 Å². The summed E-state index contributed by atoms with van der Waals surface area (Å²) in [6, 6.07) is 10.7. The lowest BCUT2D eigenvalue weighted by atomic mass is 9.84. The lowest BCUT2D eigenvalue weighted by Crippen LogP contribution is -2.47. The molecular formula is C28H38N2O2S. The second-order valence-corrected chi connectivity index (χ2v) is 12.2. The van der Waals surface area contributed by atoms with Crippen molar-refractivity contribution in [3.8, 4) is 0 Å². The van der Waals surface area contributed by atoms with Crippen LogP contribution in [0, 0.1) is 18.3 Å². The second kappa shape index (κ2) is 9.61. The van der Waals surface area contributed by atoms with Gasteiger partial charge in [-0.2, -0.15) is 0 Å². The van der Waals surface area contributed by atoms with Crippen molar-refractivity contribution in [2.24, 2.45) is 11.3 Å². The Morgan fingerprint density at radius 3 is 2.55 bits per heavy atom. The number of fused-ring (bicyclic) bond motifs is 1. The molecule has 0 saturated heterocycles. The number of rotatable bonds is 7. The molecule has 1 saturated carbocycles. The first-order chi connectivity index (χ1) is 15.6. The third-order valence-corrected chi connectivity index (χ3v) is 7.86. The molecule has 2 heterocycles. The zero-order valence-corrected chi connectivity index (χ0v) is 21.6. The van der Waals surface area contributed by atoms with Crippen molar-refractivity contribution in [2.75, 3.05) is 13.1 Å². The number of nitrogens with zero attached hydrogens (tertiary/aromatic N) is 2. The molecule has 1 aromatic carbocycles. The molecule has 2 aromatic rings. The highest BCUT2D eigenvalue weighted by Gasteiger charge is 2.38. The van der Waals surface area contributed by atoms with Crippen molar-refractivity contribution >= 4 is 23.2 Å². The Hall–Kier alpha value is -2.14. The average Bonchev–Trinajstić information content (AvgIpc) is 3.45. The van der Waals surface area contributed by atoms with Crippen LogP contribution in [0.1, 0.15) is 81.0 Å². The Morgan fingerprint density at radius 2 is 1.88 bits per heavy atom. The standard InChI is InChI=1S/C28H38N2O2S/c1-19(17-28(3,4)5)16-25(31)30(21-10-11-21)18-26(32)29-14-12-24-23(13-15-33-24)27(29)22-9-7-6-8-20(22)2/h6-9,13,15,19,21,27H,10-12,14,16-18H2,1-5H3. The minimum Gasteiger partial charge on any atom is -0.330 e. The Labute approximate surface area is 203 Å². The molecule has 2 amide bonds. The summed E-state index contributed by atoms with van der Waals surface area (Å²) in [5, 5.41) is 2.14. The number of aryl methyl sites for hydroxylation is 1. The highest BCUT2D eigenvalue weighted by atomic mass is 32.1. The summed E-state index contributed by atoms with van der Waals surface area (Å²) in [6.07, 6.45) is 4.46. The Bertz CT molecular complexity index is 1000. The SMILES string of the molecule is Cc1ccccc1C1c2ccsc2CCN1C(=O)CN(C(=O)CC(C)CC(C)(C)C)C1CC1. The fraction of sp³-hybridized carbons (Fsp3) is 0.571. The number of hydrogen-bond acceptors (Lipinski definition) is 3. The van der Waals surface area contributed by atoms with Crippen LogP contribution in [0.25, 0.3) is 0 Å². The summed E-state index contributed by atoms with van der Waals surface area (Å²) >= 11 is 1.79. The van der Waals surface area contributed by atoms with E-state index in [1.807, 2.05) is 9.80 Å². The number of benzene rings is 1. The van der Waals surface area contributed by atoms with Gasteiger partial charge in [0.25, 0.3) is 0 Å². The van der Waals surface area contributed by atoms with E-state index in [0.717, 1.165) is 25.7 Å². The summed E-state index contributed by atoms with van der Waals surface area (Å²) in [4.78, 5) is 32.3. The van der Waals surface area contributed by atoms with Gasteiger partial charge in [-0.15, -0.1) is 11.3 Å². The van der Waals surface area contributed by atoms with Crippen LogP contribution in [-0.4, -0.2) is 40.7 Å². The molecule has 0 bridgehead atoms. The van der Waals surface area contributed by atoms with Crippen molar-refractivity contribution in [2.45, 2.75) is 78.8 Å². The quantitative estimate of drug-likeness (QED) is 0.503. The molecule has 2 atom stereocenters. The topological polar surface area (TPSA) is 40.6 Å². The fourth-order valence-corrected chi connectivity index (χ4v) is 6.29. The van der Waals surface area contributed by atoms with E-state index in [-0.39, 0.29) is 35.9 Å². The fourth-order valence-electron chi connectivity index (χ4n) is 5.39. The maximum absolute atomic E-state index is 13.7. The zero-order valence-electron chi connectivity index (χ0n) is 20.8. The van der Waals surface area contributed by atoms with Gasteiger partial charge in [0.15, 0.2) is 0 Å². The molecule has 4 nitrogen and oxygen atoms in total. The van der Waals surface area contributed by atoms with Gasteiger partial charge in [-0.1, -0.05) is 52.0 Å². The molecule has 33 heavy (non-hydrogen) atoms. The first-order valence-electron chi connectivity index (χ1n) is 12.3. The van der Waals surface area contributed by atoms with Crippen molar-refractivity contribution in [3.05, 3.63) is 57.3 Å². The van der Waals surface area contributed by atoms with E-state index in [9.17, 15) is 9.59 Å².